The second-order valence-electron chi connectivity index (χ2n) is 5.36. The second-order valence-corrected chi connectivity index (χ2v) is 6.21. The molecular formula is C16H21N3OS. The third kappa shape index (κ3) is 3.67. The zero-order valence-electron chi connectivity index (χ0n) is 12.3. The predicted molar refractivity (Wildman–Crippen MR) is 85.2 cm³/mol. The van der Waals surface area contributed by atoms with Crippen LogP contribution in [0.25, 0.3) is 10.7 Å². The normalized spacial score (nSPS) is 21.8. The second kappa shape index (κ2) is 7.11. The third-order valence-electron chi connectivity index (χ3n) is 3.90. The molecule has 0 bridgehead atoms. The topological polar surface area (TPSA) is 47.0 Å². The van der Waals surface area contributed by atoms with Gasteiger partial charge in [0.05, 0.1) is 17.5 Å². The molecule has 0 aromatic carbocycles. The van der Waals surface area contributed by atoms with Crippen molar-refractivity contribution in [1.29, 1.82) is 0 Å². The molecule has 4 nitrogen and oxygen atoms in total. The molecule has 112 valence electrons. The molecule has 2 atom stereocenters. The molecule has 1 fully saturated rings. The van der Waals surface area contributed by atoms with Gasteiger partial charge in [-0.05, 0) is 30.9 Å². The van der Waals surface area contributed by atoms with Crippen molar-refractivity contribution in [3.05, 3.63) is 35.5 Å². The number of nitrogens with zero attached hydrogens (tertiary/aromatic N) is 2. The Labute approximate surface area is 129 Å². The van der Waals surface area contributed by atoms with Crippen molar-refractivity contribution in [1.82, 2.24) is 15.3 Å². The van der Waals surface area contributed by atoms with E-state index in [4.69, 9.17) is 4.74 Å². The van der Waals surface area contributed by atoms with Crippen LogP contribution in [0.1, 0.15) is 25.5 Å². The number of ether oxygens (including phenoxy) is 1. The lowest BCUT2D eigenvalue weighted by atomic mass is 10.00. The Bertz CT molecular complexity index is 558. The summed E-state index contributed by atoms with van der Waals surface area (Å²) in [4.78, 5) is 8.98. The van der Waals surface area contributed by atoms with Crippen molar-refractivity contribution in [2.45, 2.75) is 32.4 Å². The molecule has 2 aromatic rings. The maximum absolute atomic E-state index is 5.72. The van der Waals surface area contributed by atoms with Gasteiger partial charge >= 0.3 is 0 Å². The van der Waals surface area contributed by atoms with Crippen LogP contribution in [0.3, 0.4) is 0 Å². The van der Waals surface area contributed by atoms with E-state index in [1.807, 2.05) is 18.2 Å². The number of nitrogens with one attached hydrogen (secondary N) is 1. The fourth-order valence-electron chi connectivity index (χ4n) is 2.76. The number of thiazole rings is 1. The first-order valence-electron chi connectivity index (χ1n) is 7.55. The monoisotopic (exact) mass is 303 g/mol. The third-order valence-corrected chi connectivity index (χ3v) is 4.81. The van der Waals surface area contributed by atoms with Crippen molar-refractivity contribution < 1.29 is 4.74 Å². The summed E-state index contributed by atoms with van der Waals surface area (Å²) < 4.78 is 5.72. The molecule has 0 amide bonds. The van der Waals surface area contributed by atoms with Crippen molar-refractivity contribution in [2.75, 3.05) is 13.2 Å². The standard InChI is InChI=1S/C16H21N3OS/c1-2-15-12(6-8-20-15)9-17-10-13-11-21-16(19-13)14-5-3-4-7-18-14/h3-5,7,11-12,15,17H,2,6,8-10H2,1H3. The minimum absolute atomic E-state index is 0.428. The molecule has 1 aliphatic rings. The van der Waals surface area contributed by atoms with Crippen LogP contribution < -0.4 is 5.32 Å². The van der Waals surface area contributed by atoms with Gasteiger partial charge in [-0.1, -0.05) is 13.0 Å². The zero-order valence-corrected chi connectivity index (χ0v) is 13.1. The molecule has 2 unspecified atom stereocenters. The largest absolute Gasteiger partial charge is 0.378 e. The van der Waals surface area contributed by atoms with Crippen LogP contribution in [0.5, 0.6) is 0 Å². The van der Waals surface area contributed by atoms with E-state index in [9.17, 15) is 0 Å². The minimum Gasteiger partial charge on any atom is -0.378 e. The molecule has 2 aromatic heterocycles. The summed E-state index contributed by atoms with van der Waals surface area (Å²) in [6.45, 7) is 4.93. The van der Waals surface area contributed by atoms with Crippen molar-refractivity contribution >= 4 is 11.3 Å². The number of hydrogen-bond donors (Lipinski definition) is 1. The summed E-state index contributed by atoms with van der Waals surface area (Å²) in [7, 11) is 0. The van der Waals surface area contributed by atoms with Gasteiger partial charge in [0, 0.05) is 31.3 Å². The molecule has 21 heavy (non-hydrogen) atoms. The summed E-state index contributed by atoms with van der Waals surface area (Å²) >= 11 is 1.65. The van der Waals surface area contributed by atoms with Gasteiger partial charge in [0.25, 0.3) is 0 Å². The fraction of sp³-hybridized carbons (Fsp3) is 0.500. The Hall–Kier alpha value is -1.30. The van der Waals surface area contributed by atoms with Gasteiger partial charge in [-0.2, -0.15) is 0 Å². The molecule has 0 saturated carbocycles. The average molecular weight is 303 g/mol. The van der Waals surface area contributed by atoms with Gasteiger partial charge in [-0.15, -0.1) is 11.3 Å². The van der Waals surface area contributed by atoms with Crippen molar-refractivity contribution in [2.24, 2.45) is 5.92 Å². The van der Waals surface area contributed by atoms with Crippen LogP contribution in [-0.2, 0) is 11.3 Å². The first kappa shape index (κ1) is 14.6. The maximum atomic E-state index is 5.72. The number of aromatic nitrogens is 2. The smallest absolute Gasteiger partial charge is 0.142 e. The minimum atomic E-state index is 0.428. The van der Waals surface area contributed by atoms with Crippen LogP contribution in [0.4, 0.5) is 0 Å². The average Bonchev–Trinajstić information content (AvgIpc) is 3.17. The molecular weight excluding hydrogens is 282 g/mol. The first-order valence-corrected chi connectivity index (χ1v) is 8.43. The highest BCUT2D eigenvalue weighted by molar-refractivity contribution is 7.13. The molecule has 1 N–H and O–H groups in total. The van der Waals surface area contributed by atoms with Gasteiger partial charge < -0.3 is 10.1 Å². The first-order chi connectivity index (χ1) is 10.4. The Morgan fingerprint density at radius 3 is 3.19 bits per heavy atom. The van der Waals surface area contributed by atoms with Gasteiger partial charge in [-0.25, -0.2) is 4.98 Å². The van der Waals surface area contributed by atoms with Gasteiger partial charge in [0.2, 0.25) is 0 Å². The number of hydrogen-bond acceptors (Lipinski definition) is 5. The van der Waals surface area contributed by atoms with E-state index in [0.717, 1.165) is 42.5 Å². The fourth-order valence-corrected chi connectivity index (χ4v) is 3.55. The quantitative estimate of drug-likeness (QED) is 0.891. The summed E-state index contributed by atoms with van der Waals surface area (Å²) in [6, 6.07) is 5.91. The highest BCUT2D eigenvalue weighted by Crippen LogP contribution is 2.23. The van der Waals surface area contributed by atoms with Crippen LogP contribution in [-0.4, -0.2) is 29.2 Å². The Kier molecular flexibility index (Phi) is 4.95. The summed E-state index contributed by atoms with van der Waals surface area (Å²) in [5, 5.41) is 6.62. The van der Waals surface area contributed by atoms with Crippen LogP contribution in [0, 0.1) is 5.92 Å². The summed E-state index contributed by atoms with van der Waals surface area (Å²) in [5.41, 5.74) is 2.04. The van der Waals surface area contributed by atoms with Crippen LogP contribution in [0.15, 0.2) is 29.8 Å². The Morgan fingerprint density at radius 2 is 2.38 bits per heavy atom. The van der Waals surface area contributed by atoms with Crippen molar-refractivity contribution in [3.8, 4) is 10.7 Å². The number of pyridine rings is 1. The van der Waals surface area contributed by atoms with E-state index in [1.54, 1.807) is 17.5 Å². The van der Waals surface area contributed by atoms with E-state index in [-0.39, 0.29) is 0 Å². The van der Waals surface area contributed by atoms with Gasteiger partial charge in [-0.3, -0.25) is 4.98 Å². The number of rotatable bonds is 6. The highest BCUT2D eigenvalue weighted by Gasteiger charge is 2.25. The highest BCUT2D eigenvalue weighted by atomic mass is 32.1. The van der Waals surface area contributed by atoms with Crippen molar-refractivity contribution in [3.63, 3.8) is 0 Å². The Balaban J connectivity index is 1.51. The lowest BCUT2D eigenvalue weighted by Crippen LogP contribution is -2.28. The van der Waals surface area contributed by atoms with E-state index in [0.29, 0.717) is 12.0 Å². The zero-order chi connectivity index (χ0) is 14.5. The van der Waals surface area contributed by atoms with Gasteiger partial charge in [0.15, 0.2) is 0 Å². The van der Waals surface area contributed by atoms with Crippen LogP contribution >= 0.6 is 11.3 Å². The summed E-state index contributed by atoms with van der Waals surface area (Å²) in [6.07, 6.45) is 4.51. The molecule has 0 aliphatic carbocycles. The lowest BCUT2D eigenvalue weighted by molar-refractivity contribution is 0.0872. The van der Waals surface area contributed by atoms with Gasteiger partial charge in [0.1, 0.15) is 5.01 Å². The molecule has 0 radical (unpaired) electrons. The van der Waals surface area contributed by atoms with Crippen LogP contribution in [0.2, 0.25) is 0 Å². The summed E-state index contributed by atoms with van der Waals surface area (Å²) in [5.74, 6) is 0.642. The lowest BCUT2D eigenvalue weighted by Gasteiger charge is -2.16. The maximum Gasteiger partial charge on any atom is 0.142 e. The predicted octanol–water partition coefficient (Wildman–Crippen LogP) is 3.11. The molecule has 1 saturated heterocycles. The SMILES string of the molecule is CCC1OCCC1CNCc1csc(-c2ccccn2)n1. The molecule has 1 aliphatic heterocycles. The van der Waals surface area contributed by atoms with E-state index < -0.39 is 0 Å². The molecule has 3 heterocycles. The Morgan fingerprint density at radius 1 is 1.43 bits per heavy atom. The molecule has 0 spiro atoms. The molecule has 3 rings (SSSR count). The van der Waals surface area contributed by atoms with E-state index >= 15 is 0 Å². The molecule has 5 heteroatoms. The van der Waals surface area contributed by atoms with E-state index in [1.165, 1.54) is 6.42 Å². The van der Waals surface area contributed by atoms with E-state index in [2.05, 4.69) is 27.6 Å².